The molecule has 0 rings (SSSR count). The van der Waals surface area contributed by atoms with Gasteiger partial charge in [-0.2, -0.15) is 0 Å². The lowest BCUT2D eigenvalue weighted by Gasteiger charge is -2.18. The number of carboxylic acids is 1. The quantitative estimate of drug-likeness (QED) is 0.0202. The molecule has 12 heteroatoms. The number of carboxylic acid groups (broad SMARTS) is 1. The largest absolute Gasteiger partial charge is 0.480 e. The molecule has 0 saturated heterocycles. The molecule has 0 aliphatic rings. The van der Waals surface area contributed by atoms with Crippen molar-refractivity contribution in [3.63, 3.8) is 0 Å². The maximum atomic E-state index is 12.3. The van der Waals surface area contributed by atoms with E-state index >= 15 is 0 Å². The topological polar surface area (TPSA) is 169 Å². The van der Waals surface area contributed by atoms with Crippen molar-refractivity contribution in [2.45, 2.75) is 142 Å². The van der Waals surface area contributed by atoms with Crippen molar-refractivity contribution in [1.82, 2.24) is 5.32 Å². The molecule has 0 aromatic carbocycles. The van der Waals surface area contributed by atoms with Gasteiger partial charge in [-0.15, -0.1) is 0 Å². The van der Waals surface area contributed by atoms with Gasteiger partial charge >= 0.3 is 19.8 Å². The van der Waals surface area contributed by atoms with Crippen LogP contribution in [0.3, 0.4) is 0 Å². The summed E-state index contributed by atoms with van der Waals surface area (Å²) in [5.74, 6) is -2.62. The summed E-state index contributed by atoms with van der Waals surface area (Å²) < 4.78 is 26.7. The Morgan fingerprint density at radius 3 is 1.39 bits per heavy atom. The van der Waals surface area contributed by atoms with Crippen LogP contribution in [0.4, 0.5) is 0 Å². The average Bonchev–Trinajstić information content (AvgIpc) is 3.25. The maximum Gasteiger partial charge on any atom is 0.472 e. The van der Waals surface area contributed by atoms with Crippen molar-refractivity contribution >= 4 is 25.7 Å². The van der Waals surface area contributed by atoms with Gasteiger partial charge in [0.25, 0.3) is 0 Å². The first-order valence-corrected chi connectivity index (χ1v) is 23.7. The van der Waals surface area contributed by atoms with Gasteiger partial charge in [-0.3, -0.25) is 18.6 Å². The molecule has 0 aliphatic carbocycles. The van der Waals surface area contributed by atoms with Crippen molar-refractivity contribution in [2.24, 2.45) is 0 Å². The first kappa shape index (κ1) is 57.6. The molecule has 11 nitrogen and oxygen atoms in total. The molecule has 0 fully saturated rings. The lowest BCUT2D eigenvalue weighted by molar-refractivity contribution is -0.146. The monoisotopic (exact) mass is 882 g/mol. The number of esters is 1. The van der Waals surface area contributed by atoms with Crippen molar-refractivity contribution in [1.29, 1.82) is 0 Å². The summed E-state index contributed by atoms with van der Waals surface area (Å²) in [4.78, 5) is 45.9. The van der Waals surface area contributed by atoms with Gasteiger partial charge in [0.2, 0.25) is 5.91 Å². The van der Waals surface area contributed by atoms with E-state index in [1.165, 1.54) is 19.3 Å². The predicted molar refractivity (Wildman–Crippen MR) is 253 cm³/mol. The minimum absolute atomic E-state index is 0.0232. The molecule has 4 N–H and O–H groups in total. The fraction of sp³-hybridized carbons (Fsp3) is 0.500. The Kier molecular flexibility index (Phi) is 40.2. The summed E-state index contributed by atoms with van der Waals surface area (Å²) in [6, 6.07) is -1.60. The Balaban J connectivity index is 4.12. The van der Waals surface area contributed by atoms with Gasteiger partial charge in [0.15, 0.2) is 6.04 Å². The third-order valence-electron chi connectivity index (χ3n) is 8.46. The normalized spacial score (nSPS) is 14.9. The van der Waals surface area contributed by atoms with Crippen molar-refractivity contribution in [2.75, 3.05) is 19.8 Å². The van der Waals surface area contributed by atoms with Gasteiger partial charge in [-0.05, 0) is 89.9 Å². The summed E-state index contributed by atoms with van der Waals surface area (Å²) >= 11 is 0. The number of aliphatic hydroxyl groups is 1. The van der Waals surface area contributed by atoms with Crippen LogP contribution >= 0.6 is 7.82 Å². The van der Waals surface area contributed by atoms with Gasteiger partial charge in [-0.25, -0.2) is 9.36 Å². The van der Waals surface area contributed by atoms with E-state index in [1.54, 1.807) is 6.08 Å². The number of aliphatic hydroxyl groups excluding tert-OH is 1. The number of nitrogens with one attached hydrogen (secondary N) is 1. The summed E-state index contributed by atoms with van der Waals surface area (Å²) in [6.07, 6.45) is 59.4. The number of carbonyl (C=O) groups is 3. The number of unbranched alkanes of at least 4 members (excludes halogenated alkanes) is 4. The van der Waals surface area contributed by atoms with Crippen LogP contribution in [0.5, 0.6) is 0 Å². The molecule has 0 bridgehead atoms. The molecule has 3 atom stereocenters. The van der Waals surface area contributed by atoms with Crippen LogP contribution in [-0.2, 0) is 32.7 Å². The minimum Gasteiger partial charge on any atom is -0.480 e. The minimum atomic E-state index is -4.80. The maximum absolute atomic E-state index is 12.3. The van der Waals surface area contributed by atoms with E-state index in [-0.39, 0.29) is 12.8 Å². The van der Waals surface area contributed by atoms with E-state index in [9.17, 15) is 34.1 Å². The predicted octanol–water partition coefficient (Wildman–Crippen LogP) is 11.8. The lowest BCUT2D eigenvalue weighted by atomic mass is 10.2. The van der Waals surface area contributed by atoms with Gasteiger partial charge in [0.05, 0.1) is 19.6 Å². The molecular weight excluding hydrogens is 806 g/mol. The number of carbonyl (C=O) groups excluding carboxylic acids is 2. The zero-order chi connectivity index (χ0) is 45.6. The summed E-state index contributed by atoms with van der Waals surface area (Å²) in [5.41, 5.74) is 0. The summed E-state index contributed by atoms with van der Waals surface area (Å²) in [7, 11) is -4.80. The average molecular weight is 882 g/mol. The van der Waals surface area contributed by atoms with Crippen LogP contribution in [0, 0.1) is 0 Å². The number of phosphoric acid groups is 1. The second kappa shape index (κ2) is 43.3. The number of phosphoric ester groups is 1. The summed E-state index contributed by atoms with van der Waals surface area (Å²) in [5, 5.41) is 21.8. The second-order valence-corrected chi connectivity index (χ2v) is 15.6. The van der Waals surface area contributed by atoms with Crippen LogP contribution in [0.25, 0.3) is 0 Å². The molecule has 0 aliphatic heterocycles. The molecule has 62 heavy (non-hydrogen) atoms. The third-order valence-corrected chi connectivity index (χ3v) is 9.41. The van der Waals surface area contributed by atoms with Crippen LogP contribution in [-0.4, -0.2) is 64.9 Å². The van der Waals surface area contributed by atoms with E-state index < -0.39 is 57.6 Å². The number of allylic oxidation sites excluding steroid dienone is 21. The van der Waals surface area contributed by atoms with Crippen LogP contribution in [0.15, 0.2) is 134 Å². The number of hydrogen-bond donors (Lipinski definition) is 4. The Labute approximate surface area is 372 Å². The molecule has 0 heterocycles. The Morgan fingerprint density at radius 2 is 0.952 bits per heavy atom. The lowest BCUT2D eigenvalue weighted by Crippen LogP contribution is -2.43. The van der Waals surface area contributed by atoms with Crippen LogP contribution in [0.2, 0.25) is 0 Å². The molecule has 0 aromatic rings. The zero-order valence-electron chi connectivity index (χ0n) is 37.4. The van der Waals surface area contributed by atoms with E-state index in [4.69, 9.17) is 13.8 Å². The highest BCUT2D eigenvalue weighted by molar-refractivity contribution is 7.47. The molecule has 0 aromatic heterocycles. The van der Waals surface area contributed by atoms with Crippen molar-refractivity contribution < 1.29 is 47.8 Å². The number of hydrogen-bond acceptors (Lipinski definition) is 8. The number of ether oxygens (including phenoxy) is 1. The molecule has 1 amide bonds. The molecule has 0 saturated carbocycles. The molecule has 0 radical (unpaired) electrons. The number of amides is 1. The SMILES string of the molecule is CC/C=C\C/C=C\C/C=C\C/C=C\C/C=C\C/C=C\C/C=C\CC(=O)OCC(O)COP(=O)(O)OCC(NC(=O)CCC/C=C\C/C=C\C/C=C\C/C=C\CCCCC)C(=O)O. The number of rotatable bonds is 39. The third kappa shape index (κ3) is 42.3. The highest BCUT2D eigenvalue weighted by atomic mass is 31.2. The van der Waals surface area contributed by atoms with Crippen molar-refractivity contribution in [3.05, 3.63) is 134 Å². The van der Waals surface area contributed by atoms with E-state index in [2.05, 4.69) is 116 Å². The Hall–Kier alpha value is -4.38. The standard InChI is InChI=1S/C50H76NO10P/c1-3-5-7-9-11-13-15-17-19-21-22-23-24-26-28-30-32-34-36-38-40-42-49(54)59-43-46(52)44-60-62(57,58)61-45-47(50(55)56)51-48(53)41-39-37-35-33-31-29-27-25-20-18-16-14-12-10-8-6-4-2/h5,7,11-14,17-20,22-23,26-29,32-35,38,40,46-47,52H,3-4,6,8-10,15-16,21,24-25,30-31,36-37,39,41-45H2,1-2H3,(H,51,53)(H,55,56)(H,57,58)/b7-5-,13-11-,14-12-,19-17-,20-18-,23-22-,28-26-,29-27-,34-32-,35-33-,40-38-. The molecular formula is C50H76NO10P. The number of aliphatic carboxylic acids is 1. The fourth-order valence-electron chi connectivity index (χ4n) is 5.04. The van der Waals surface area contributed by atoms with Crippen LogP contribution in [0.1, 0.15) is 129 Å². The van der Waals surface area contributed by atoms with E-state index in [0.717, 1.165) is 64.2 Å². The fourth-order valence-corrected chi connectivity index (χ4v) is 5.81. The Bertz CT molecular complexity index is 1550. The highest BCUT2D eigenvalue weighted by Crippen LogP contribution is 2.43. The van der Waals surface area contributed by atoms with Crippen molar-refractivity contribution in [3.8, 4) is 0 Å². The molecule has 346 valence electrons. The van der Waals surface area contributed by atoms with Crippen LogP contribution < -0.4 is 5.32 Å². The second-order valence-electron chi connectivity index (χ2n) is 14.2. The van der Waals surface area contributed by atoms with Gasteiger partial charge in [0.1, 0.15) is 12.7 Å². The first-order valence-electron chi connectivity index (χ1n) is 22.2. The van der Waals surface area contributed by atoms with E-state index in [0.29, 0.717) is 19.3 Å². The van der Waals surface area contributed by atoms with E-state index in [1.807, 2.05) is 30.4 Å². The Morgan fingerprint density at radius 1 is 0.548 bits per heavy atom. The summed E-state index contributed by atoms with van der Waals surface area (Å²) in [6.45, 7) is 2.28. The highest BCUT2D eigenvalue weighted by Gasteiger charge is 2.28. The first-order chi connectivity index (χ1) is 30.1. The zero-order valence-corrected chi connectivity index (χ0v) is 38.2. The molecule has 3 unspecified atom stereocenters. The smallest absolute Gasteiger partial charge is 0.472 e. The molecule has 0 spiro atoms. The van der Waals surface area contributed by atoms with Gasteiger partial charge < -0.3 is 25.2 Å². The van der Waals surface area contributed by atoms with Gasteiger partial charge in [-0.1, -0.05) is 160 Å². The van der Waals surface area contributed by atoms with Gasteiger partial charge in [0, 0.05) is 6.42 Å².